The Kier molecular flexibility index (Phi) is 6.26. The van der Waals surface area contributed by atoms with Gasteiger partial charge in [-0.25, -0.2) is 0 Å². The number of phenolic OH excluding ortho intramolecular Hbond substituents is 3. The zero-order valence-corrected chi connectivity index (χ0v) is 15.2. The molecule has 0 amide bonds. The highest BCUT2D eigenvalue weighted by molar-refractivity contribution is 5.74. The van der Waals surface area contributed by atoms with Gasteiger partial charge in [-0.3, -0.25) is 0 Å². The van der Waals surface area contributed by atoms with Gasteiger partial charge >= 0.3 is 0 Å². The van der Waals surface area contributed by atoms with Crippen LogP contribution in [0, 0.1) is 0 Å². The van der Waals surface area contributed by atoms with Crippen LogP contribution in [0.4, 0.5) is 0 Å². The Labute approximate surface area is 165 Å². The maximum absolute atomic E-state index is 10.1. The van der Waals surface area contributed by atoms with Gasteiger partial charge < -0.3 is 45.2 Å². The van der Waals surface area contributed by atoms with E-state index in [2.05, 4.69) is 0 Å². The van der Waals surface area contributed by atoms with Crippen LogP contribution in [-0.4, -0.2) is 73.1 Å². The molecule has 1 saturated heterocycles. The Morgan fingerprint density at radius 3 is 2.17 bits per heavy atom. The summed E-state index contributed by atoms with van der Waals surface area (Å²) >= 11 is 0. The number of ether oxygens (including phenoxy) is 2. The van der Waals surface area contributed by atoms with Gasteiger partial charge in [-0.2, -0.15) is 0 Å². The summed E-state index contributed by atoms with van der Waals surface area (Å²) in [5, 5.41) is 68.1. The van der Waals surface area contributed by atoms with Crippen molar-refractivity contribution in [3.8, 4) is 23.0 Å². The summed E-state index contributed by atoms with van der Waals surface area (Å²) < 4.78 is 10.9. The lowest BCUT2D eigenvalue weighted by Gasteiger charge is -2.39. The SMILES string of the molecule is OCC1OC(Oc2cc(O)ccc2C=Cc2cc(O)cc(O)c2)C(O)C(O)C1O. The Morgan fingerprint density at radius 2 is 1.52 bits per heavy atom. The second-order valence-electron chi connectivity index (χ2n) is 6.65. The molecule has 0 spiro atoms. The zero-order chi connectivity index (χ0) is 21.1. The molecule has 29 heavy (non-hydrogen) atoms. The second kappa shape index (κ2) is 8.68. The van der Waals surface area contributed by atoms with Gasteiger partial charge in [0.2, 0.25) is 6.29 Å². The van der Waals surface area contributed by atoms with Crippen molar-refractivity contribution >= 4 is 12.2 Å². The molecule has 0 aromatic heterocycles. The van der Waals surface area contributed by atoms with Crippen LogP contribution in [0.1, 0.15) is 11.1 Å². The fourth-order valence-electron chi connectivity index (χ4n) is 2.95. The van der Waals surface area contributed by atoms with Crippen LogP contribution >= 0.6 is 0 Å². The van der Waals surface area contributed by atoms with E-state index < -0.39 is 37.3 Å². The molecule has 9 nitrogen and oxygen atoms in total. The number of hydrogen-bond donors (Lipinski definition) is 7. The summed E-state index contributed by atoms with van der Waals surface area (Å²) in [4.78, 5) is 0. The van der Waals surface area contributed by atoms with Crippen molar-refractivity contribution in [2.45, 2.75) is 30.7 Å². The average Bonchev–Trinajstić information content (AvgIpc) is 2.67. The Balaban J connectivity index is 1.86. The van der Waals surface area contributed by atoms with E-state index in [4.69, 9.17) is 9.47 Å². The molecule has 0 aliphatic carbocycles. The summed E-state index contributed by atoms with van der Waals surface area (Å²) in [5.41, 5.74) is 0.942. The molecular formula is C20H22O9. The summed E-state index contributed by atoms with van der Waals surface area (Å²) in [7, 11) is 0. The van der Waals surface area contributed by atoms with E-state index in [1.807, 2.05) is 0 Å². The molecule has 0 saturated carbocycles. The molecule has 7 N–H and O–H groups in total. The number of aliphatic hydroxyl groups excluding tert-OH is 4. The Morgan fingerprint density at radius 1 is 0.828 bits per heavy atom. The van der Waals surface area contributed by atoms with E-state index in [-0.39, 0.29) is 23.0 Å². The molecule has 1 aliphatic heterocycles. The number of phenols is 3. The lowest BCUT2D eigenvalue weighted by Crippen LogP contribution is -2.60. The molecule has 5 unspecified atom stereocenters. The molecule has 0 bridgehead atoms. The van der Waals surface area contributed by atoms with Crippen LogP contribution in [0.5, 0.6) is 23.0 Å². The van der Waals surface area contributed by atoms with Crippen LogP contribution in [0.2, 0.25) is 0 Å². The third-order valence-corrected chi connectivity index (χ3v) is 4.47. The van der Waals surface area contributed by atoms with E-state index in [9.17, 15) is 35.7 Å². The quantitative estimate of drug-likeness (QED) is 0.343. The molecule has 1 heterocycles. The van der Waals surface area contributed by atoms with E-state index in [1.54, 1.807) is 12.2 Å². The first-order chi connectivity index (χ1) is 13.8. The topological polar surface area (TPSA) is 160 Å². The van der Waals surface area contributed by atoms with Crippen molar-refractivity contribution in [2.75, 3.05) is 6.61 Å². The van der Waals surface area contributed by atoms with Crippen LogP contribution in [0.3, 0.4) is 0 Å². The van der Waals surface area contributed by atoms with Crippen molar-refractivity contribution in [3.63, 3.8) is 0 Å². The average molecular weight is 406 g/mol. The monoisotopic (exact) mass is 406 g/mol. The summed E-state index contributed by atoms with van der Waals surface area (Å²) in [6.07, 6.45) is -4.11. The first-order valence-corrected chi connectivity index (χ1v) is 8.80. The maximum atomic E-state index is 10.1. The maximum Gasteiger partial charge on any atom is 0.229 e. The van der Waals surface area contributed by atoms with Gasteiger partial charge in [0.15, 0.2) is 0 Å². The lowest BCUT2D eigenvalue weighted by atomic mass is 9.99. The number of benzene rings is 2. The number of aromatic hydroxyl groups is 3. The first-order valence-electron chi connectivity index (χ1n) is 8.80. The second-order valence-corrected chi connectivity index (χ2v) is 6.65. The van der Waals surface area contributed by atoms with E-state index in [0.717, 1.165) is 0 Å². The molecule has 3 rings (SSSR count). The summed E-state index contributed by atoms with van der Waals surface area (Å²) in [6, 6.07) is 8.23. The van der Waals surface area contributed by atoms with Crippen molar-refractivity contribution in [3.05, 3.63) is 47.5 Å². The van der Waals surface area contributed by atoms with Crippen molar-refractivity contribution in [1.82, 2.24) is 0 Å². The molecule has 2 aromatic carbocycles. The van der Waals surface area contributed by atoms with Crippen molar-refractivity contribution in [1.29, 1.82) is 0 Å². The van der Waals surface area contributed by atoms with Crippen molar-refractivity contribution < 1.29 is 45.2 Å². The minimum Gasteiger partial charge on any atom is -0.508 e. The van der Waals surface area contributed by atoms with Crippen LogP contribution < -0.4 is 4.74 Å². The number of rotatable bonds is 5. The van der Waals surface area contributed by atoms with Gasteiger partial charge in [0, 0.05) is 17.7 Å². The van der Waals surface area contributed by atoms with Crippen LogP contribution in [0.15, 0.2) is 36.4 Å². The predicted molar refractivity (Wildman–Crippen MR) is 101 cm³/mol. The lowest BCUT2D eigenvalue weighted by molar-refractivity contribution is -0.277. The van der Waals surface area contributed by atoms with Gasteiger partial charge in [-0.05, 0) is 29.8 Å². The summed E-state index contributed by atoms with van der Waals surface area (Å²) in [6.45, 7) is -0.599. The van der Waals surface area contributed by atoms with Crippen LogP contribution in [0.25, 0.3) is 12.2 Å². The standard InChI is InChI=1S/C20H22O9/c21-9-16-17(25)18(26)19(27)20(29-16)28-15-8-12(22)4-3-11(15)2-1-10-5-13(23)7-14(24)6-10/h1-8,16-27H,9H2. The fourth-order valence-corrected chi connectivity index (χ4v) is 2.95. The molecule has 1 aliphatic rings. The molecule has 2 aromatic rings. The molecule has 1 fully saturated rings. The normalized spacial score (nSPS) is 27.2. The highest BCUT2D eigenvalue weighted by atomic mass is 16.7. The third-order valence-electron chi connectivity index (χ3n) is 4.47. The summed E-state index contributed by atoms with van der Waals surface area (Å²) in [5.74, 6) is -0.270. The van der Waals surface area contributed by atoms with Gasteiger partial charge in [-0.15, -0.1) is 0 Å². The molecule has 156 valence electrons. The van der Waals surface area contributed by atoms with Gasteiger partial charge in [0.25, 0.3) is 0 Å². The van der Waals surface area contributed by atoms with Crippen molar-refractivity contribution in [2.24, 2.45) is 0 Å². The Bertz CT molecular complexity index is 860. The molecule has 9 heteroatoms. The zero-order valence-electron chi connectivity index (χ0n) is 15.2. The first kappa shape index (κ1) is 20.9. The van der Waals surface area contributed by atoms with Crippen LogP contribution in [-0.2, 0) is 4.74 Å². The number of aliphatic hydroxyl groups is 4. The van der Waals surface area contributed by atoms with Gasteiger partial charge in [-0.1, -0.05) is 12.2 Å². The highest BCUT2D eigenvalue weighted by Crippen LogP contribution is 2.31. The predicted octanol–water partition coefficient (Wildman–Crippen LogP) is 0.152. The third kappa shape index (κ3) is 4.78. The minimum atomic E-state index is -1.60. The van der Waals surface area contributed by atoms with Gasteiger partial charge in [0.05, 0.1) is 6.61 Å². The van der Waals surface area contributed by atoms with E-state index >= 15 is 0 Å². The number of hydrogen-bond acceptors (Lipinski definition) is 9. The molecule has 0 radical (unpaired) electrons. The molecular weight excluding hydrogens is 384 g/mol. The smallest absolute Gasteiger partial charge is 0.229 e. The molecule has 5 atom stereocenters. The highest BCUT2D eigenvalue weighted by Gasteiger charge is 2.44. The van der Waals surface area contributed by atoms with Gasteiger partial charge in [0.1, 0.15) is 47.4 Å². The Hall–Kier alpha value is -2.82. The van der Waals surface area contributed by atoms with E-state index in [0.29, 0.717) is 11.1 Å². The largest absolute Gasteiger partial charge is 0.508 e. The fraction of sp³-hybridized carbons (Fsp3) is 0.300. The minimum absolute atomic E-state index is 0.0926. The van der Waals surface area contributed by atoms with E-state index in [1.165, 1.54) is 36.4 Å².